The van der Waals surface area contributed by atoms with Crippen LogP contribution in [0.4, 0.5) is 0 Å². The smallest absolute Gasteiger partial charge is 0.321 e. The summed E-state index contributed by atoms with van der Waals surface area (Å²) in [4.78, 5) is 35.7. The van der Waals surface area contributed by atoms with Crippen LogP contribution in [-0.4, -0.2) is 71.6 Å². The lowest BCUT2D eigenvalue weighted by Gasteiger charge is -2.31. The minimum Gasteiger partial charge on any atom is -0.480 e. The second kappa shape index (κ2) is 9.62. The highest BCUT2D eigenvalue weighted by Gasteiger charge is 2.29. The summed E-state index contributed by atoms with van der Waals surface area (Å²) in [7, 11) is 0. The number of hydrogen-bond acceptors (Lipinski definition) is 6. The highest BCUT2D eigenvalue weighted by molar-refractivity contribution is 7.99. The summed E-state index contributed by atoms with van der Waals surface area (Å²) in [6.07, 6.45) is 0.787. The Hall–Kier alpha value is -1.28. The molecule has 1 heterocycles. The quantitative estimate of drug-likeness (QED) is 0.478. The molecular weight excluding hydrogens is 296 g/mol. The zero-order valence-corrected chi connectivity index (χ0v) is 13.0. The molecule has 0 saturated carbocycles. The highest BCUT2D eigenvalue weighted by atomic mass is 32.2. The van der Waals surface area contributed by atoms with Gasteiger partial charge in [-0.2, -0.15) is 11.8 Å². The number of nitrogens with zero attached hydrogens (tertiary/aromatic N) is 1. The van der Waals surface area contributed by atoms with Crippen molar-refractivity contribution in [3.05, 3.63) is 0 Å². The Bertz CT molecular complexity index is 378. The Morgan fingerprint density at radius 2 is 2.19 bits per heavy atom. The van der Waals surface area contributed by atoms with E-state index in [0.717, 1.165) is 5.75 Å². The van der Waals surface area contributed by atoms with Gasteiger partial charge >= 0.3 is 11.9 Å². The minimum atomic E-state index is -0.891. The summed E-state index contributed by atoms with van der Waals surface area (Å²) >= 11 is 1.59. The van der Waals surface area contributed by atoms with Crippen molar-refractivity contribution in [2.24, 2.45) is 0 Å². The Kier molecular flexibility index (Phi) is 8.14. The summed E-state index contributed by atoms with van der Waals surface area (Å²) in [5.74, 6) is -0.0363. The van der Waals surface area contributed by atoms with Gasteiger partial charge in [0.1, 0.15) is 6.04 Å². The number of amides is 1. The highest BCUT2D eigenvalue weighted by Crippen LogP contribution is 2.16. The second-order valence-electron chi connectivity index (χ2n) is 4.66. The van der Waals surface area contributed by atoms with Crippen LogP contribution in [0.5, 0.6) is 0 Å². The van der Waals surface area contributed by atoms with E-state index in [2.05, 4.69) is 5.32 Å². The van der Waals surface area contributed by atoms with Gasteiger partial charge in [-0.25, -0.2) is 0 Å². The predicted octanol–water partition coefficient (Wildman–Crippen LogP) is -0.0521. The molecule has 1 fully saturated rings. The average Bonchev–Trinajstić information content (AvgIpc) is 2.44. The van der Waals surface area contributed by atoms with Crippen molar-refractivity contribution in [2.45, 2.75) is 25.8 Å². The van der Waals surface area contributed by atoms with E-state index in [1.807, 2.05) is 0 Å². The third-order valence-corrected chi connectivity index (χ3v) is 4.08. The van der Waals surface area contributed by atoms with E-state index < -0.39 is 12.0 Å². The van der Waals surface area contributed by atoms with Crippen LogP contribution in [0.25, 0.3) is 0 Å². The summed E-state index contributed by atoms with van der Waals surface area (Å²) in [6, 6.07) is -0.603. The molecule has 0 aromatic rings. The first-order valence-electron chi connectivity index (χ1n) is 7.01. The Labute approximate surface area is 128 Å². The molecule has 1 amide bonds. The molecule has 0 aromatic heterocycles. The molecule has 1 rings (SSSR count). The number of ether oxygens (including phenoxy) is 1. The van der Waals surface area contributed by atoms with E-state index in [1.165, 1.54) is 0 Å². The molecule has 0 aromatic carbocycles. The van der Waals surface area contributed by atoms with Gasteiger partial charge in [0.2, 0.25) is 5.91 Å². The van der Waals surface area contributed by atoms with Gasteiger partial charge in [0.15, 0.2) is 0 Å². The van der Waals surface area contributed by atoms with E-state index in [9.17, 15) is 14.4 Å². The van der Waals surface area contributed by atoms with Crippen molar-refractivity contribution in [2.75, 3.05) is 37.7 Å². The Morgan fingerprint density at radius 1 is 1.43 bits per heavy atom. The maximum atomic E-state index is 11.8. The molecule has 8 heteroatoms. The molecule has 21 heavy (non-hydrogen) atoms. The van der Waals surface area contributed by atoms with Crippen molar-refractivity contribution in [1.29, 1.82) is 0 Å². The van der Waals surface area contributed by atoms with Gasteiger partial charge in [-0.15, -0.1) is 0 Å². The zero-order chi connectivity index (χ0) is 15.7. The maximum Gasteiger partial charge on any atom is 0.321 e. The van der Waals surface area contributed by atoms with E-state index in [0.29, 0.717) is 31.9 Å². The molecule has 0 aliphatic carbocycles. The Balaban J connectivity index is 2.23. The molecule has 1 aliphatic heterocycles. The number of carboxylic acid groups (broad SMARTS) is 1. The van der Waals surface area contributed by atoms with Crippen LogP contribution in [0.1, 0.15) is 19.8 Å². The van der Waals surface area contributed by atoms with Crippen LogP contribution in [0.3, 0.4) is 0 Å². The number of carbonyl (C=O) groups is 3. The molecule has 1 atom stereocenters. The maximum absolute atomic E-state index is 11.8. The fourth-order valence-electron chi connectivity index (χ4n) is 1.99. The lowest BCUT2D eigenvalue weighted by atomic mass is 10.2. The van der Waals surface area contributed by atoms with E-state index in [4.69, 9.17) is 9.84 Å². The standard InChI is InChI=1S/C13H22N2O5S/c1-2-20-12(17)4-3-5-14-11(16)8-15-6-7-21-9-10(15)13(18)19/h10H,2-9H2,1H3,(H,14,16)(H,18,19). The van der Waals surface area contributed by atoms with Crippen molar-refractivity contribution in [3.8, 4) is 0 Å². The van der Waals surface area contributed by atoms with E-state index in [1.54, 1.807) is 23.6 Å². The van der Waals surface area contributed by atoms with Crippen molar-refractivity contribution in [3.63, 3.8) is 0 Å². The number of esters is 1. The summed E-state index contributed by atoms with van der Waals surface area (Å²) < 4.78 is 4.78. The van der Waals surface area contributed by atoms with Gasteiger partial charge in [-0.05, 0) is 13.3 Å². The summed E-state index contributed by atoms with van der Waals surface area (Å²) in [5.41, 5.74) is 0. The van der Waals surface area contributed by atoms with Gasteiger partial charge in [-0.1, -0.05) is 0 Å². The number of thioether (sulfide) groups is 1. The number of hydrogen-bond donors (Lipinski definition) is 2. The molecule has 1 unspecified atom stereocenters. The topological polar surface area (TPSA) is 95.9 Å². The molecule has 1 aliphatic rings. The van der Waals surface area contributed by atoms with Crippen LogP contribution < -0.4 is 5.32 Å². The largest absolute Gasteiger partial charge is 0.480 e. The average molecular weight is 318 g/mol. The van der Waals surface area contributed by atoms with Gasteiger partial charge < -0.3 is 15.2 Å². The molecule has 120 valence electrons. The lowest BCUT2D eigenvalue weighted by Crippen LogP contribution is -2.51. The fraction of sp³-hybridized carbons (Fsp3) is 0.769. The number of rotatable bonds is 8. The number of aliphatic carboxylic acids is 1. The zero-order valence-electron chi connectivity index (χ0n) is 12.2. The molecular formula is C13H22N2O5S. The third kappa shape index (κ3) is 6.81. The molecule has 0 bridgehead atoms. The number of nitrogens with one attached hydrogen (secondary N) is 1. The van der Waals surface area contributed by atoms with Crippen LogP contribution in [-0.2, 0) is 19.1 Å². The summed E-state index contributed by atoms with van der Waals surface area (Å²) in [6.45, 7) is 3.16. The number of carboxylic acids is 1. The van der Waals surface area contributed by atoms with Crippen LogP contribution >= 0.6 is 11.8 Å². The lowest BCUT2D eigenvalue weighted by molar-refractivity contribution is -0.144. The molecule has 0 spiro atoms. The molecule has 2 N–H and O–H groups in total. The fourth-order valence-corrected chi connectivity index (χ4v) is 3.10. The van der Waals surface area contributed by atoms with Crippen molar-refractivity contribution >= 4 is 29.6 Å². The SMILES string of the molecule is CCOC(=O)CCCNC(=O)CN1CCSCC1C(=O)O. The van der Waals surface area contributed by atoms with E-state index in [-0.39, 0.29) is 24.8 Å². The van der Waals surface area contributed by atoms with Gasteiger partial charge in [0, 0.05) is 31.0 Å². The van der Waals surface area contributed by atoms with Gasteiger partial charge in [-0.3, -0.25) is 19.3 Å². The second-order valence-corrected chi connectivity index (χ2v) is 5.81. The minimum absolute atomic E-state index is 0.0803. The molecule has 0 radical (unpaired) electrons. The normalized spacial score (nSPS) is 19.0. The van der Waals surface area contributed by atoms with Crippen LogP contribution in [0.15, 0.2) is 0 Å². The predicted molar refractivity (Wildman–Crippen MR) is 79.2 cm³/mol. The van der Waals surface area contributed by atoms with Gasteiger partial charge in [0.25, 0.3) is 0 Å². The first-order chi connectivity index (χ1) is 10.0. The van der Waals surface area contributed by atoms with Crippen LogP contribution in [0.2, 0.25) is 0 Å². The Morgan fingerprint density at radius 3 is 2.86 bits per heavy atom. The van der Waals surface area contributed by atoms with Gasteiger partial charge in [0.05, 0.1) is 13.2 Å². The number of carbonyl (C=O) groups excluding carboxylic acids is 2. The molecule has 7 nitrogen and oxygen atoms in total. The summed E-state index contributed by atoms with van der Waals surface area (Å²) in [5, 5.41) is 11.8. The van der Waals surface area contributed by atoms with Crippen molar-refractivity contribution in [1.82, 2.24) is 10.2 Å². The van der Waals surface area contributed by atoms with Crippen LogP contribution in [0, 0.1) is 0 Å². The monoisotopic (exact) mass is 318 g/mol. The van der Waals surface area contributed by atoms with Crippen molar-refractivity contribution < 1.29 is 24.2 Å². The first kappa shape index (κ1) is 17.8. The molecule has 1 saturated heterocycles. The van der Waals surface area contributed by atoms with E-state index >= 15 is 0 Å². The first-order valence-corrected chi connectivity index (χ1v) is 8.17. The third-order valence-electron chi connectivity index (χ3n) is 3.06.